The van der Waals surface area contributed by atoms with Crippen molar-refractivity contribution in [3.63, 3.8) is 0 Å². The van der Waals surface area contributed by atoms with E-state index in [9.17, 15) is 4.79 Å². The summed E-state index contributed by atoms with van der Waals surface area (Å²) in [6.07, 6.45) is 7.28. The van der Waals surface area contributed by atoms with Gasteiger partial charge in [0.05, 0.1) is 5.75 Å². The minimum atomic E-state index is -0.797. The molecule has 0 amide bonds. The van der Waals surface area contributed by atoms with Gasteiger partial charge in [-0.15, -0.1) is 10.2 Å². The topological polar surface area (TPSA) is 68.0 Å². The third-order valence-electron chi connectivity index (χ3n) is 3.65. The number of thioether (sulfide) groups is 1. The summed E-state index contributed by atoms with van der Waals surface area (Å²) in [7, 11) is 0. The summed E-state index contributed by atoms with van der Waals surface area (Å²) in [5, 5.41) is 18.1. The van der Waals surface area contributed by atoms with Gasteiger partial charge in [-0.1, -0.05) is 24.6 Å². The summed E-state index contributed by atoms with van der Waals surface area (Å²) in [5.41, 5.74) is 0. The van der Waals surface area contributed by atoms with Gasteiger partial charge in [0.2, 0.25) is 0 Å². The zero-order valence-corrected chi connectivity index (χ0v) is 11.0. The molecule has 0 radical (unpaired) electrons. The predicted molar refractivity (Wildman–Crippen MR) is 67.9 cm³/mol. The Morgan fingerprint density at radius 1 is 1.28 bits per heavy atom. The number of aliphatic carboxylic acids is 1. The molecule has 98 valence electrons. The molecule has 1 heterocycles. The zero-order valence-electron chi connectivity index (χ0n) is 10.2. The summed E-state index contributed by atoms with van der Waals surface area (Å²) < 4.78 is 2.23. The minimum Gasteiger partial charge on any atom is -0.481 e. The number of carboxylic acid groups (broad SMARTS) is 1. The SMILES string of the molecule is O=C(O)CSc1nnc(C2CC2)n1C1CCCC1. The van der Waals surface area contributed by atoms with E-state index in [2.05, 4.69) is 14.8 Å². The molecule has 1 N–H and O–H groups in total. The molecule has 0 aromatic carbocycles. The van der Waals surface area contributed by atoms with Crippen molar-refractivity contribution in [1.82, 2.24) is 14.8 Å². The fraction of sp³-hybridized carbons (Fsp3) is 0.750. The highest BCUT2D eigenvalue weighted by molar-refractivity contribution is 7.99. The molecule has 1 aromatic rings. The van der Waals surface area contributed by atoms with Crippen LogP contribution in [0.4, 0.5) is 0 Å². The zero-order chi connectivity index (χ0) is 12.5. The van der Waals surface area contributed by atoms with Gasteiger partial charge in [0.15, 0.2) is 5.16 Å². The molecule has 0 atom stereocenters. The van der Waals surface area contributed by atoms with Crippen molar-refractivity contribution < 1.29 is 9.90 Å². The highest BCUT2D eigenvalue weighted by Gasteiger charge is 2.33. The van der Waals surface area contributed by atoms with Crippen LogP contribution < -0.4 is 0 Å². The van der Waals surface area contributed by atoms with Gasteiger partial charge in [-0.2, -0.15) is 0 Å². The Kier molecular flexibility index (Phi) is 3.28. The lowest BCUT2D eigenvalue weighted by atomic mass is 10.2. The van der Waals surface area contributed by atoms with E-state index in [-0.39, 0.29) is 5.75 Å². The Bertz CT molecular complexity index is 450. The molecule has 2 aliphatic carbocycles. The average molecular weight is 267 g/mol. The van der Waals surface area contributed by atoms with Crippen LogP contribution in [0.25, 0.3) is 0 Å². The van der Waals surface area contributed by atoms with Gasteiger partial charge in [0, 0.05) is 12.0 Å². The van der Waals surface area contributed by atoms with Crippen molar-refractivity contribution in [3.8, 4) is 0 Å². The van der Waals surface area contributed by atoms with Gasteiger partial charge in [-0.05, 0) is 25.7 Å². The molecule has 5 nitrogen and oxygen atoms in total. The summed E-state index contributed by atoms with van der Waals surface area (Å²) in [6.45, 7) is 0. The highest BCUT2D eigenvalue weighted by atomic mass is 32.2. The van der Waals surface area contributed by atoms with E-state index >= 15 is 0 Å². The van der Waals surface area contributed by atoms with Crippen LogP contribution in [-0.4, -0.2) is 31.6 Å². The van der Waals surface area contributed by atoms with E-state index in [1.165, 1.54) is 50.3 Å². The molecular weight excluding hydrogens is 250 g/mol. The van der Waals surface area contributed by atoms with E-state index in [1.807, 2.05) is 0 Å². The number of aromatic nitrogens is 3. The van der Waals surface area contributed by atoms with Crippen LogP contribution in [0.2, 0.25) is 0 Å². The molecule has 6 heteroatoms. The quantitative estimate of drug-likeness (QED) is 0.830. The van der Waals surface area contributed by atoms with Crippen molar-refractivity contribution in [2.24, 2.45) is 0 Å². The maximum absolute atomic E-state index is 10.7. The molecule has 1 aromatic heterocycles. The Balaban J connectivity index is 1.85. The van der Waals surface area contributed by atoms with E-state index in [0.29, 0.717) is 12.0 Å². The van der Waals surface area contributed by atoms with Gasteiger partial charge in [0.25, 0.3) is 0 Å². The van der Waals surface area contributed by atoms with Crippen LogP contribution in [0.5, 0.6) is 0 Å². The molecule has 2 saturated carbocycles. The second-order valence-electron chi connectivity index (χ2n) is 5.11. The van der Waals surface area contributed by atoms with Gasteiger partial charge < -0.3 is 9.67 Å². The highest BCUT2D eigenvalue weighted by Crippen LogP contribution is 2.43. The van der Waals surface area contributed by atoms with Gasteiger partial charge in [-0.3, -0.25) is 4.79 Å². The number of nitrogens with zero attached hydrogens (tertiary/aromatic N) is 3. The first kappa shape index (κ1) is 12.0. The smallest absolute Gasteiger partial charge is 0.313 e. The van der Waals surface area contributed by atoms with Crippen LogP contribution in [0, 0.1) is 0 Å². The van der Waals surface area contributed by atoms with Crippen LogP contribution in [0.15, 0.2) is 5.16 Å². The molecule has 0 aliphatic heterocycles. The van der Waals surface area contributed by atoms with Gasteiger partial charge in [-0.25, -0.2) is 0 Å². The molecule has 0 unspecified atom stereocenters. The Morgan fingerprint density at radius 3 is 2.61 bits per heavy atom. The first-order chi connectivity index (χ1) is 8.75. The summed E-state index contributed by atoms with van der Waals surface area (Å²) >= 11 is 1.30. The summed E-state index contributed by atoms with van der Waals surface area (Å²) in [6, 6.07) is 0.492. The predicted octanol–water partition coefficient (Wildman–Crippen LogP) is 2.45. The summed E-state index contributed by atoms with van der Waals surface area (Å²) in [4.78, 5) is 10.7. The molecule has 0 bridgehead atoms. The Labute approximate surface area is 110 Å². The van der Waals surface area contributed by atoms with Crippen molar-refractivity contribution in [2.45, 2.75) is 55.6 Å². The normalized spacial score (nSPS) is 20.4. The number of carboxylic acids is 1. The number of carbonyl (C=O) groups is 1. The second kappa shape index (κ2) is 4.91. The standard InChI is InChI=1S/C12H17N3O2S/c16-10(17)7-18-12-14-13-11(8-5-6-8)15(12)9-3-1-2-4-9/h8-9H,1-7H2,(H,16,17). The van der Waals surface area contributed by atoms with Crippen LogP contribution in [0.3, 0.4) is 0 Å². The maximum Gasteiger partial charge on any atom is 0.313 e. The van der Waals surface area contributed by atoms with Crippen LogP contribution in [0.1, 0.15) is 56.3 Å². The first-order valence-electron chi connectivity index (χ1n) is 6.55. The molecule has 2 aliphatic rings. The average Bonchev–Trinajstić information content (AvgIpc) is 2.91. The second-order valence-corrected chi connectivity index (χ2v) is 6.05. The third kappa shape index (κ3) is 2.39. The Morgan fingerprint density at radius 2 is 2.00 bits per heavy atom. The number of rotatable bonds is 5. The lowest BCUT2D eigenvalue weighted by molar-refractivity contribution is -0.133. The van der Waals surface area contributed by atoms with Crippen molar-refractivity contribution >= 4 is 17.7 Å². The molecule has 0 spiro atoms. The first-order valence-corrected chi connectivity index (χ1v) is 7.53. The third-order valence-corrected chi connectivity index (χ3v) is 4.58. The lowest BCUT2D eigenvalue weighted by Gasteiger charge is -2.16. The summed E-state index contributed by atoms with van der Waals surface area (Å²) in [5.74, 6) is 0.927. The largest absolute Gasteiger partial charge is 0.481 e. The van der Waals surface area contributed by atoms with E-state index in [0.717, 1.165) is 11.0 Å². The maximum atomic E-state index is 10.7. The van der Waals surface area contributed by atoms with E-state index in [4.69, 9.17) is 5.11 Å². The van der Waals surface area contributed by atoms with Gasteiger partial charge >= 0.3 is 5.97 Å². The molecular formula is C12H17N3O2S. The molecule has 18 heavy (non-hydrogen) atoms. The number of hydrogen-bond acceptors (Lipinski definition) is 4. The van der Waals surface area contributed by atoms with Crippen LogP contribution >= 0.6 is 11.8 Å². The van der Waals surface area contributed by atoms with Gasteiger partial charge in [0.1, 0.15) is 5.82 Å². The molecule has 3 rings (SSSR count). The van der Waals surface area contributed by atoms with Crippen molar-refractivity contribution in [1.29, 1.82) is 0 Å². The molecule has 2 fully saturated rings. The fourth-order valence-corrected chi connectivity index (χ4v) is 3.37. The number of hydrogen-bond donors (Lipinski definition) is 1. The van der Waals surface area contributed by atoms with E-state index < -0.39 is 5.97 Å². The minimum absolute atomic E-state index is 0.0650. The van der Waals surface area contributed by atoms with E-state index in [1.54, 1.807) is 0 Å². The lowest BCUT2D eigenvalue weighted by Crippen LogP contribution is -2.11. The van der Waals surface area contributed by atoms with Crippen LogP contribution in [-0.2, 0) is 4.79 Å². The molecule has 0 saturated heterocycles. The fourth-order valence-electron chi connectivity index (χ4n) is 2.64. The Hall–Kier alpha value is -1.04. The van der Waals surface area contributed by atoms with Crippen molar-refractivity contribution in [2.75, 3.05) is 5.75 Å². The monoisotopic (exact) mass is 267 g/mol. The van der Waals surface area contributed by atoms with Crippen molar-refractivity contribution in [3.05, 3.63) is 5.82 Å².